The van der Waals surface area contributed by atoms with E-state index in [4.69, 9.17) is 4.74 Å². The normalized spacial score (nSPS) is 27.4. The lowest BCUT2D eigenvalue weighted by Crippen LogP contribution is -2.39. The Morgan fingerprint density at radius 2 is 1.69 bits per heavy atom. The number of likely N-dealkylation sites (N-methyl/N-ethyl adjacent to an activating group) is 1. The summed E-state index contributed by atoms with van der Waals surface area (Å²) in [6.45, 7) is 9.07. The van der Waals surface area contributed by atoms with Crippen molar-refractivity contribution in [1.82, 2.24) is 4.90 Å². The number of hydrogen-bond donors (Lipinski definition) is 0. The van der Waals surface area contributed by atoms with Gasteiger partial charge in [0.2, 0.25) is 0 Å². The van der Waals surface area contributed by atoms with Crippen LogP contribution in [0.4, 0.5) is 0 Å². The highest BCUT2D eigenvalue weighted by Gasteiger charge is 2.30. The second-order valence-corrected chi connectivity index (χ2v) is 6.34. The van der Waals surface area contributed by atoms with Crippen molar-refractivity contribution in [3.63, 3.8) is 0 Å². The maximum Gasteiger partial charge on any atom is 0.0589 e. The van der Waals surface area contributed by atoms with Gasteiger partial charge in [-0.15, -0.1) is 0 Å². The van der Waals surface area contributed by atoms with Crippen LogP contribution in [0, 0.1) is 11.3 Å². The van der Waals surface area contributed by atoms with Gasteiger partial charge in [-0.3, -0.25) is 0 Å². The summed E-state index contributed by atoms with van der Waals surface area (Å²) in [5, 5.41) is 0. The molecule has 0 aromatic carbocycles. The van der Waals surface area contributed by atoms with Gasteiger partial charge in [0.15, 0.2) is 0 Å². The zero-order chi connectivity index (χ0) is 12.2. The first-order valence-corrected chi connectivity index (χ1v) is 6.64. The van der Waals surface area contributed by atoms with Crippen LogP contribution in [0.1, 0.15) is 46.5 Å². The van der Waals surface area contributed by atoms with Crippen molar-refractivity contribution in [3.8, 4) is 0 Å². The lowest BCUT2D eigenvalue weighted by atomic mass is 9.71. The van der Waals surface area contributed by atoms with Gasteiger partial charge in [-0.05, 0) is 44.1 Å². The highest BCUT2D eigenvalue weighted by Crippen LogP contribution is 2.38. The van der Waals surface area contributed by atoms with Crippen molar-refractivity contribution in [2.75, 3.05) is 27.3 Å². The fourth-order valence-electron chi connectivity index (χ4n) is 2.80. The number of hydrogen-bond acceptors (Lipinski definition) is 2. The van der Waals surface area contributed by atoms with Crippen LogP contribution in [0.3, 0.4) is 0 Å². The summed E-state index contributed by atoms with van der Waals surface area (Å²) >= 11 is 0. The molecule has 0 bridgehead atoms. The first-order valence-electron chi connectivity index (χ1n) is 6.64. The lowest BCUT2D eigenvalue weighted by molar-refractivity contribution is 0.0884. The quantitative estimate of drug-likeness (QED) is 0.731. The third-order valence-corrected chi connectivity index (χ3v) is 4.19. The summed E-state index contributed by atoms with van der Waals surface area (Å²) in [7, 11) is 4.02. The van der Waals surface area contributed by atoms with E-state index in [1.165, 1.54) is 25.7 Å². The van der Waals surface area contributed by atoms with E-state index in [-0.39, 0.29) is 0 Å². The molecule has 2 nitrogen and oxygen atoms in total. The molecule has 0 heterocycles. The molecule has 0 N–H and O–H groups in total. The van der Waals surface area contributed by atoms with Crippen molar-refractivity contribution in [3.05, 3.63) is 0 Å². The van der Waals surface area contributed by atoms with Gasteiger partial charge in [-0.25, -0.2) is 0 Å². The first kappa shape index (κ1) is 14.0. The van der Waals surface area contributed by atoms with E-state index in [1.807, 2.05) is 0 Å². The first-order chi connectivity index (χ1) is 7.45. The van der Waals surface area contributed by atoms with Crippen LogP contribution in [0.15, 0.2) is 0 Å². The highest BCUT2D eigenvalue weighted by atomic mass is 16.5. The number of rotatable bonds is 4. The van der Waals surface area contributed by atoms with E-state index < -0.39 is 0 Å². The SMILES string of the molecule is COCCN(C)[C@H]1CC[C@@H](C(C)(C)C)CC1. The van der Waals surface area contributed by atoms with Crippen molar-refractivity contribution >= 4 is 0 Å². The molecule has 0 amide bonds. The predicted molar refractivity (Wildman–Crippen MR) is 69.7 cm³/mol. The summed E-state index contributed by atoms with van der Waals surface area (Å²) < 4.78 is 5.14. The van der Waals surface area contributed by atoms with Gasteiger partial charge in [0.25, 0.3) is 0 Å². The summed E-state index contributed by atoms with van der Waals surface area (Å²) in [5.41, 5.74) is 0.496. The van der Waals surface area contributed by atoms with Crippen LogP contribution < -0.4 is 0 Å². The van der Waals surface area contributed by atoms with Gasteiger partial charge in [0, 0.05) is 19.7 Å². The molecule has 1 aliphatic carbocycles. The standard InChI is InChI=1S/C14H29NO/c1-14(2,3)12-6-8-13(9-7-12)15(4)10-11-16-5/h12-13H,6-11H2,1-5H3/t12-,13+. The van der Waals surface area contributed by atoms with Crippen molar-refractivity contribution in [2.24, 2.45) is 11.3 Å². The average Bonchev–Trinajstić information content (AvgIpc) is 2.25. The van der Waals surface area contributed by atoms with E-state index in [1.54, 1.807) is 7.11 Å². The zero-order valence-corrected chi connectivity index (χ0v) is 11.8. The van der Waals surface area contributed by atoms with Crippen LogP contribution in [0.25, 0.3) is 0 Å². The molecule has 0 spiro atoms. The van der Waals surface area contributed by atoms with E-state index in [9.17, 15) is 0 Å². The van der Waals surface area contributed by atoms with Crippen molar-refractivity contribution in [2.45, 2.75) is 52.5 Å². The number of nitrogens with zero attached hydrogens (tertiary/aromatic N) is 1. The Balaban J connectivity index is 2.31. The Kier molecular flexibility index (Phi) is 5.26. The highest BCUT2D eigenvalue weighted by molar-refractivity contribution is 4.83. The van der Waals surface area contributed by atoms with Gasteiger partial charge in [0.1, 0.15) is 0 Å². The molecule has 0 unspecified atom stereocenters. The molecular formula is C14H29NO. The van der Waals surface area contributed by atoms with Gasteiger partial charge in [0.05, 0.1) is 6.61 Å². The molecule has 1 rings (SSSR count). The molecule has 0 aromatic heterocycles. The molecule has 0 aliphatic heterocycles. The lowest BCUT2D eigenvalue weighted by Gasteiger charge is -2.40. The summed E-state index contributed by atoms with van der Waals surface area (Å²) in [4.78, 5) is 2.47. The summed E-state index contributed by atoms with van der Waals surface area (Å²) in [6.07, 6.45) is 5.52. The minimum atomic E-state index is 0.496. The molecule has 96 valence electrons. The number of ether oxygens (including phenoxy) is 1. The van der Waals surface area contributed by atoms with Crippen molar-refractivity contribution in [1.29, 1.82) is 0 Å². The molecular weight excluding hydrogens is 198 g/mol. The maximum atomic E-state index is 5.14. The van der Waals surface area contributed by atoms with Crippen LogP contribution in [-0.4, -0.2) is 38.3 Å². The Bertz CT molecular complexity index is 189. The molecule has 2 heteroatoms. The fourth-order valence-corrected chi connectivity index (χ4v) is 2.80. The molecule has 0 atom stereocenters. The zero-order valence-electron chi connectivity index (χ0n) is 11.8. The molecule has 0 radical (unpaired) electrons. The van der Waals surface area contributed by atoms with E-state index in [0.29, 0.717) is 5.41 Å². The molecule has 0 saturated heterocycles. The summed E-state index contributed by atoms with van der Waals surface area (Å²) in [6, 6.07) is 0.786. The molecule has 1 saturated carbocycles. The van der Waals surface area contributed by atoms with E-state index in [0.717, 1.165) is 25.1 Å². The third-order valence-electron chi connectivity index (χ3n) is 4.19. The Morgan fingerprint density at radius 1 is 1.12 bits per heavy atom. The average molecular weight is 227 g/mol. The van der Waals surface area contributed by atoms with Gasteiger partial charge >= 0.3 is 0 Å². The monoisotopic (exact) mass is 227 g/mol. The van der Waals surface area contributed by atoms with Gasteiger partial charge in [-0.1, -0.05) is 20.8 Å². The Hall–Kier alpha value is -0.0800. The second kappa shape index (κ2) is 6.02. The Labute approximate surface area is 101 Å². The van der Waals surface area contributed by atoms with Gasteiger partial charge < -0.3 is 9.64 Å². The van der Waals surface area contributed by atoms with Crippen LogP contribution >= 0.6 is 0 Å². The van der Waals surface area contributed by atoms with E-state index >= 15 is 0 Å². The van der Waals surface area contributed by atoms with Crippen LogP contribution in [-0.2, 0) is 4.74 Å². The van der Waals surface area contributed by atoms with Gasteiger partial charge in [-0.2, -0.15) is 0 Å². The predicted octanol–water partition coefficient (Wildman–Crippen LogP) is 3.17. The molecule has 0 aromatic rings. The van der Waals surface area contributed by atoms with Crippen molar-refractivity contribution < 1.29 is 4.74 Å². The molecule has 1 aliphatic rings. The topological polar surface area (TPSA) is 12.5 Å². The minimum absolute atomic E-state index is 0.496. The number of methoxy groups -OCH3 is 1. The second-order valence-electron chi connectivity index (χ2n) is 6.34. The molecule has 16 heavy (non-hydrogen) atoms. The Morgan fingerprint density at radius 3 is 2.12 bits per heavy atom. The smallest absolute Gasteiger partial charge is 0.0589 e. The summed E-state index contributed by atoms with van der Waals surface area (Å²) in [5.74, 6) is 0.916. The third kappa shape index (κ3) is 4.06. The maximum absolute atomic E-state index is 5.14. The largest absolute Gasteiger partial charge is 0.383 e. The minimum Gasteiger partial charge on any atom is -0.383 e. The fraction of sp³-hybridized carbons (Fsp3) is 1.00. The molecule has 1 fully saturated rings. The van der Waals surface area contributed by atoms with Crippen LogP contribution in [0.5, 0.6) is 0 Å². The van der Waals surface area contributed by atoms with E-state index in [2.05, 4.69) is 32.7 Å². The van der Waals surface area contributed by atoms with Crippen LogP contribution in [0.2, 0.25) is 0 Å².